The van der Waals surface area contributed by atoms with Gasteiger partial charge in [-0.3, -0.25) is 24.6 Å². The molecule has 1 aromatic carbocycles. The summed E-state index contributed by atoms with van der Waals surface area (Å²) in [6.45, 7) is 0. The normalized spacial score (nSPS) is 30.7. The van der Waals surface area contributed by atoms with Crippen molar-refractivity contribution in [2.45, 2.75) is 56.1 Å². The Kier molecular flexibility index (Phi) is 5.60. The maximum Gasteiger partial charge on any atom is 0.325 e. The highest BCUT2D eigenvalue weighted by Crippen LogP contribution is 2.52. The summed E-state index contributed by atoms with van der Waals surface area (Å²) >= 11 is 7.49. The van der Waals surface area contributed by atoms with Crippen molar-refractivity contribution in [2.24, 2.45) is 11.8 Å². The standard InChI is InChI=1S/C24H25ClN2O4S/c25-17-12-11-16(32-17)20-18-19(22(29)27(21(18)28)15-9-5-2-6-10-15)24(26-20,23(30)31)13-14-7-3-1-4-8-14/h1,3-4,7-8,11-12,15,18-20,26H,2,5-6,9-10,13H2,(H,30,31). The SMILES string of the molecule is O=C1C2C(c3ccc(Cl)s3)NC(Cc3ccccc3)(C(=O)O)C2C(=O)N1C1CCCCC1. The molecular formula is C24H25ClN2O4S. The summed E-state index contributed by atoms with van der Waals surface area (Å²) in [6, 6.07) is 12.2. The number of aliphatic carboxylic acids is 1. The molecule has 3 heterocycles. The van der Waals surface area contributed by atoms with E-state index in [9.17, 15) is 19.5 Å². The number of carbonyl (C=O) groups is 3. The van der Waals surface area contributed by atoms with Crippen molar-refractivity contribution in [3.05, 3.63) is 57.2 Å². The van der Waals surface area contributed by atoms with Crippen molar-refractivity contribution in [3.63, 3.8) is 0 Å². The van der Waals surface area contributed by atoms with Crippen LogP contribution < -0.4 is 5.32 Å². The molecule has 3 fully saturated rings. The van der Waals surface area contributed by atoms with Crippen molar-refractivity contribution in [1.82, 2.24) is 10.2 Å². The first-order chi connectivity index (χ1) is 15.4. The van der Waals surface area contributed by atoms with Crippen LogP contribution in [0.2, 0.25) is 4.34 Å². The number of carbonyl (C=O) groups excluding carboxylic acids is 2. The molecule has 4 atom stereocenters. The van der Waals surface area contributed by atoms with E-state index in [4.69, 9.17) is 11.6 Å². The molecule has 3 aliphatic rings. The van der Waals surface area contributed by atoms with E-state index in [1.807, 2.05) is 36.4 Å². The van der Waals surface area contributed by atoms with E-state index in [1.165, 1.54) is 16.2 Å². The van der Waals surface area contributed by atoms with Crippen LogP contribution >= 0.6 is 22.9 Å². The van der Waals surface area contributed by atoms with Gasteiger partial charge in [0, 0.05) is 17.3 Å². The average Bonchev–Trinajstić information content (AvgIpc) is 3.44. The van der Waals surface area contributed by atoms with Crippen LogP contribution in [0.15, 0.2) is 42.5 Å². The van der Waals surface area contributed by atoms with Gasteiger partial charge in [-0.1, -0.05) is 61.2 Å². The summed E-state index contributed by atoms with van der Waals surface area (Å²) in [7, 11) is 0. The van der Waals surface area contributed by atoms with Crippen LogP contribution in [0.3, 0.4) is 0 Å². The topological polar surface area (TPSA) is 86.7 Å². The lowest BCUT2D eigenvalue weighted by molar-refractivity contribution is -0.152. The van der Waals surface area contributed by atoms with Crippen molar-refractivity contribution in [3.8, 4) is 0 Å². The van der Waals surface area contributed by atoms with Gasteiger partial charge in [0.2, 0.25) is 11.8 Å². The number of halogens is 1. The highest BCUT2D eigenvalue weighted by Gasteiger charge is 2.69. The van der Waals surface area contributed by atoms with E-state index in [1.54, 1.807) is 6.07 Å². The Bertz CT molecular complexity index is 1050. The molecule has 2 aromatic rings. The van der Waals surface area contributed by atoms with Crippen LogP contribution in [-0.4, -0.2) is 39.4 Å². The lowest BCUT2D eigenvalue weighted by Crippen LogP contribution is -2.58. The Hall–Kier alpha value is -2.22. The molecule has 6 nitrogen and oxygen atoms in total. The van der Waals surface area contributed by atoms with Gasteiger partial charge < -0.3 is 5.11 Å². The number of imide groups is 1. The first kappa shape index (κ1) is 21.6. The molecule has 4 unspecified atom stereocenters. The van der Waals surface area contributed by atoms with Gasteiger partial charge >= 0.3 is 5.97 Å². The Morgan fingerprint density at radius 3 is 2.44 bits per heavy atom. The summed E-state index contributed by atoms with van der Waals surface area (Å²) in [5.74, 6) is -3.40. The molecular weight excluding hydrogens is 448 g/mol. The molecule has 2 amide bonds. The minimum absolute atomic E-state index is 0.122. The number of carboxylic acid groups (broad SMARTS) is 1. The third-order valence-electron chi connectivity index (χ3n) is 7.24. The summed E-state index contributed by atoms with van der Waals surface area (Å²) in [5, 5.41) is 13.7. The summed E-state index contributed by atoms with van der Waals surface area (Å²) < 4.78 is 0.565. The zero-order valence-corrected chi connectivity index (χ0v) is 19.1. The van der Waals surface area contributed by atoms with Crippen molar-refractivity contribution in [2.75, 3.05) is 0 Å². The van der Waals surface area contributed by atoms with Crippen LogP contribution in [0.25, 0.3) is 0 Å². The van der Waals surface area contributed by atoms with E-state index in [2.05, 4.69) is 5.32 Å². The van der Waals surface area contributed by atoms with Crippen LogP contribution in [-0.2, 0) is 20.8 Å². The first-order valence-corrected chi connectivity index (χ1v) is 12.3. The first-order valence-electron chi connectivity index (χ1n) is 11.1. The number of likely N-dealkylation sites (tertiary alicyclic amines) is 1. The van der Waals surface area contributed by atoms with Crippen LogP contribution in [0, 0.1) is 11.8 Å². The number of fused-ring (bicyclic) bond motifs is 1. The van der Waals surface area contributed by atoms with E-state index < -0.39 is 29.4 Å². The lowest BCUT2D eigenvalue weighted by atomic mass is 9.76. The third kappa shape index (κ3) is 3.38. The van der Waals surface area contributed by atoms with Gasteiger partial charge in [0.1, 0.15) is 5.54 Å². The number of nitrogens with one attached hydrogen (secondary N) is 1. The maximum atomic E-state index is 13.8. The summed E-state index contributed by atoms with van der Waals surface area (Å²) in [6.07, 6.45) is 4.76. The second-order valence-electron chi connectivity index (χ2n) is 9.04. The lowest BCUT2D eigenvalue weighted by Gasteiger charge is -2.34. The molecule has 2 aliphatic heterocycles. The molecule has 0 spiro atoms. The quantitative estimate of drug-likeness (QED) is 0.641. The molecule has 1 aromatic heterocycles. The number of thiophene rings is 1. The third-order valence-corrected chi connectivity index (χ3v) is 8.55. The van der Waals surface area contributed by atoms with E-state index in [0.29, 0.717) is 4.34 Å². The van der Waals surface area contributed by atoms with Crippen LogP contribution in [0.1, 0.15) is 48.6 Å². The highest BCUT2D eigenvalue weighted by atomic mass is 35.5. The molecule has 0 radical (unpaired) electrons. The zero-order chi connectivity index (χ0) is 22.5. The Morgan fingerprint density at radius 1 is 1.09 bits per heavy atom. The minimum Gasteiger partial charge on any atom is -0.480 e. The molecule has 2 N–H and O–H groups in total. The fourth-order valence-corrected chi connectivity index (χ4v) is 6.98. The monoisotopic (exact) mass is 472 g/mol. The molecule has 1 saturated carbocycles. The van der Waals surface area contributed by atoms with Gasteiger partial charge in [0.05, 0.1) is 22.2 Å². The zero-order valence-electron chi connectivity index (χ0n) is 17.5. The fraction of sp³-hybridized carbons (Fsp3) is 0.458. The second-order valence-corrected chi connectivity index (χ2v) is 10.8. The smallest absolute Gasteiger partial charge is 0.325 e. The summed E-state index contributed by atoms with van der Waals surface area (Å²) in [5.41, 5.74) is -0.758. The maximum absolute atomic E-state index is 13.8. The average molecular weight is 473 g/mol. The van der Waals surface area contributed by atoms with Crippen molar-refractivity contribution < 1.29 is 19.5 Å². The Balaban J connectivity index is 1.60. The molecule has 5 rings (SSSR count). The van der Waals surface area contributed by atoms with Crippen molar-refractivity contribution >= 4 is 40.7 Å². The molecule has 0 bridgehead atoms. The van der Waals surface area contributed by atoms with Gasteiger partial charge in [-0.15, -0.1) is 11.3 Å². The number of amides is 2. The molecule has 32 heavy (non-hydrogen) atoms. The predicted molar refractivity (Wildman–Crippen MR) is 121 cm³/mol. The summed E-state index contributed by atoms with van der Waals surface area (Å²) in [4.78, 5) is 42.5. The number of hydrogen-bond acceptors (Lipinski definition) is 5. The van der Waals surface area contributed by atoms with Gasteiger partial charge in [-0.2, -0.15) is 0 Å². The van der Waals surface area contributed by atoms with E-state index >= 15 is 0 Å². The second kappa shape index (κ2) is 8.28. The molecule has 8 heteroatoms. The Labute approximate surface area is 195 Å². The van der Waals surface area contributed by atoms with Gasteiger partial charge in [0.25, 0.3) is 0 Å². The van der Waals surface area contributed by atoms with Crippen molar-refractivity contribution in [1.29, 1.82) is 0 Å². The fourth-order valence-electron chi connectivity index (χ4n) is 5.82. The number of benzene rings is 1. The molecule has 168 valence electrons. The van der Waals surface area contributed by atoms with E-state index in [-0.39, 0.29) is 24.3 Å². The highest BCUT2D eigenvalue weighted by molar-refractivity contribution is 7.16. The molecule has 2 saturated heterocycles. The van der Waals surface area contributed by atoms with Crippen LogP contribution in [0.4, 0.5) is 0 Å². The van der Waals surface area contributed by atoms with E-state index in [0.717, 1.165) is 42.5 Å². The van der Waals surface area contributed by atoms with Gasteiger partial charge in [-0.05, 0) is 30.5 Å². The Morgan fingerprint density at radius 2 is 1.81 bits per heavy atom. The largest absolute Gasteiger partial charge is 0.480 e. The number of carboxylic acids is 1. The number of hydrogen-bond donors (Lipinski definition) is 2. The van der Waals surface area contributed by atoms with Crippen LogP contribution in [0.5, 0.6) is 0 Å². The number of rotatable bonds is 5. The predicted octanol–water partition coefficient (Wildman–Crippen LogP) is 4.05. The number of nitrogens with zero attached hydrogens (tertiary/aromatic N) is 1. The van der Waals surface area contributed by atoms with Gasteiger partial charge in [-0.25, -0.2) is 0 Å². The minimum atomic E-state index is -1.57. The van der Waals surface area contributed by atoms with Gasteiger partial charge in [0.15, 0.2) is 0 Å². The molecule has 1 aliphatic carbocycles.